The lowest BCUT2D eigenvalue weighted by Gasteiger charge is -2.22. The number of carboxylic acid groups (broad SMARTS) is 1. The van der Waals surface area contributed by atoms with Gasteiger partial charge < -0.3 is 10.0 Å². The maximum atomic E-state index is 11.4. The molecule has 6 heteroatoms. The molecule has 3 heterocycles. The fraction of sp³-hybridized carbons (Fsp3) is 0.500. The second-order valence-electron chi connectivity index (χ2n) is 5.78. The van der Waals surface area contributed by atoms with E-state index < -0.39 is 11.4 Å². The second-order valence-corrected chi connectivity index (χ2v) is 5.78. The van der Waals surface area contributed by atoms with E-state index in [-0.39, 0.29) is 0 Å². The Kier molecular flexibility index (Phi) is 2.70. The molecule has 2 aromatic rings. The minimum absolute atomic E-state index is 0.524. The zero-order valence-corrected chi connectivity index (χ0v) is 11.9. The van der Waals surface area contributed by atoms with Gasteiger partial charge in [0.2, 0.25) is 0 Å². The zero-order valence-electron chi connectivity index (χ0n) is 11.9. The van der Waals surface area contributed by atoms with Crippen LogP contribution in [0.5, 0.6) is 0 Å². The Morgan fingerprint density at radius 3 is 2.90 bits per heavy atom. The van der Waals surface area contributed by atoms with Gasteiger partial charge in [-0.15, -0.1) is 0 Å². The highest BCUT2D eigenvalue weighted by Crippen LogP contribution is 2.36. The van der Waals surface area contributed by atoms with Gasteiger partial charge in [0.15, 0.2) is 5.65 Å². The molecule has 0 spiro atoms. The van der Waals surface area contributed by atoms with Crippen molar-refractivity contribution in [3.63, 3.8) is 0 Å². The fourth-order valence-corrected chi connectivity index (χ4v) is 2.96. The molecule has 0 amide bonds. The smallest absolute Gasteiger partial charge is 0.311 e. The lowest BCUT2D eigenvalue weighted by molar-refractivity contribution is -0.146. The van der Waals surface area contributed by atoms with Crippen LogP contribution in [-0.4, -0.2) is 38.9 Å². The average Bonchev–Trinajstić information content (AvgIpc) is 2.93. The van der Waals surface area contributed by atoms with E-state index >= 15 is 0 Å². The molecule has 1 saturated heterocycles. The molecule has 1 unspecified atom stereocenters. The standard InChI is InChI=1S/C14H18N4O2/c1-9-11-10(4-6-15-12(11)17(3)16-9)18-7-5-14(2,8-18)13(19)20/h4,6H,5,7-8H2,1-3H3,(H,19,20). The van der Waals surface area contributed by atoms with Crippen molar-refractivity contribution in [1.82, 2.24) is 14.8 Å². The fourth-order valence-electron chi connectivity index (χ4n) is 2.96. The molecular formula is C14H18N4O2. The zero-order chi connectivity index (χ0) is 14.5. The molecule has 0 aliphatic carbocycles. The number of fused-ring (bicyclic) bond motifs is 1. The maximum absolute atomic E-state index is 11.4. The summed E-state index contributed by atoms with van der Waals surface area (Å²) in [5.74, 6) is -0.729. The number of carboxylic acids is 1. The van der Waals surface area contributed by atoms with Crippen LogP contribution < -0.4 is 4.90 Å². The summed E-state index contributed by atoms with van der Waals surface area (Å²) in [7, 11) is 1.87. The number of hydrogen-bond donors (Lipinski definition) is 1. The third kappa shape index (κ3) is 1.75. The molecule has 1 N–H and O–H groups in total. The third-order valence-corrected chi connectivity index (χ3v) is 4.21. The number of nitrogens with zero attached hydrogens (tertiary/aromatic N) is 4. The van der Waals surface area contributed by atoms with Gasteiger partial charge in [0.25, 0.3) is 0 Å². The van der Waals surface area contributed by atoms with E-state index in [1.807, 2.05) is 27.0 Å². The molecule has 3 rings (SSSR count). The Morgan fingerprint density at radius 1 is 1.50 bits per heavy atom. The number of rotatable bonds is 2. The molecule has 1 aliphatic heterocycles. The molecule has 106 valence electrons. The predicted molar refractivity (Wildman–Crippen MR) is 75.8 cm³/mol. The highest BCUT2D eigenvalue weighted by molar-refractivity contribution is 5.92. The molecule has 0 saturated carbocycles. The van der Waals surface area contributed by atoms with Crippen molar-refractivity contribution in [2.75, 3.05) is 18.0 Å². The summed E-state index contributed by atoms with van der Waals surface area (Å²) < 4.78 is 1.76. The lowest BCUT2D eigenvalue weighted by atomic mass is 9.90. The number of pyridine rings is 1. The molecule has 0 radical (unpaired) electrons. The van der Waals surface area contributed by atoms with Gasteiger partial charge in [-0.3, -0.25) is 9.48 Å². The van der Waals surface area contributed by atoms with E-state index in [9.17, 15) is 9.90 Å². The first kappa shape index (κ1) is 12.9. The van der Waals surface area contributed by atoms with Crippen LogP contribution in [0.15, 0.2) is 12.3 Å². The van der Waals surface area contributed by atoms with Crippen LogP contribution in [0.1, 0.15) is 19.0 Å². The Morgan fingerprint density at radius 2 is 2.25 bits per heavy atom. The van der Waals surface area contributed by atoms with Gasteiger partial charge in [-0.2, -0.15) is 5.10 Å². The Balaban J connectivity index is 2.06. The van der Waals surface area contributed by atoms with E-state index in [1.165, 1.54) is 0 Å². The van der Waals surface area contributed by atoms with Crippen LogP contribution in [0.3, 0.4) is 0 Å². The van der Waals surface area contributed by atoms with E-state index in [4.69, 9.17) is 0 Å². The van der Waals surface area contributed by atoms with E-state index in [0.29, 0.717) is 13.0 Å². The van der Waals surface area contributed by atoms with Crippen molar-refractivity contribution >= 4 is 22.7 Å². The van der Waals surface area contributed by atoms with Crippen LogP contribution >= 0.6 is 0 Å². The van der Waals surface area contributed by atoms with Crippen LogP contribution in [0.25, 0.3) is 11.0 Å². The van der Waals surface area contributed by atoms with Crippen LogP contribution in [0.2, 0.25) is 0 Å². The highest BCUT2D eigenvalue weighted by Gasteiger charge is 2.41. The van der Waals surface area contributed by atoms with Gasteiger partial charge in [0, 0.05) is 26.3 Å². The number of anilines is 1. The molecule has 1 fully saturated rings. The van der Waals surface area contributed by atoms with Gasteiger partial charge in [0.1, 0.15) is 0 Å². The number of aromatic nitrogens is 3. The SMILES string of the molecule is Cc1nn(C)c2nccc(N3CCC(C)(C(=O)O)C3)c12. The number of aryl methyl sites for hydroxylation is 2. The third-order valence-electron chi connectivity index (χ3n) is 4.21. The summed E-state index contributed by atoms with van der Waals surface area (Å²) in [5, 5.41) is 14.8. The summed E-state index contributed by atoms with van der Waals surface area (Å²) >= 11 is 0. The quantitative estimate of drug-likeness (QED) is 0.900. The molecule has 1 aliphatic rings. The molecule has 20 heavy (non-hydrogen) atoms. The van der Waals surface area contributed by atoms with Gasteiger partial charge in [-0.25, -0.2) is 4.98 Å². The van der Waals surface area contributed by atoms with E-state index in [2.05, 4.69) is 15.0 Å². The molecule has 0 bridgehead atoms. The molecular weight excluding hydrogens is 256 g/mol. The minimum Gasteiger partial charge on any atom is -0.481 e. The van der Waals surface area contributed by atoms with Crippen LogP contribution in [0, 0.1) is 12.3 Å². The van der Waals surface area contributed by atoms with Crippen LogP contribution in [0.4, 0.5) is 5.69 Å². The molecule has 1 atom stereocenters. The van der Waals surface area contributed by atoms with Crippen molar-refractivity contribution in [2.45, 2.75) is 20.3 Å². The van der Waals surface area contributed by atoms with Crippen molar-refractivity contribution in [1.29, 1.82) is 0 Å². The Hall–Kier alpha value is -2.11. The van der Waals surface area contributed by atoms with Gasteiger partial charge in [0.05, 0.1) is 22.2 Å². The molecule has 0 aromatic carbocycles. The van der Waals surface area contributed by atoms with Crippen LogP contribution in [-0.2, 0) is 11.8 Å². The minimum atomic E-state index is -0.729. The van der Waals surface area contributed by atoms with Crippen molar-refractivity contribution < 1.29 is 9.90 Å². The van der Waals surface area contributed by atoms with Crippen molar-refractivity contribution in [3.05, 3.63) is 18.0 Å². The Labute approximate surface area is 117 Å². The van der Waals surface area contributed by atoms with E-state index in [1.54, 1.807) is 10.9 Å². The Bertz CT molecular complexity index is 694. The summed E-state index contributed by atoms with van der Waals surface area (Å²) in [6.07, 6.45) is 2.42. The van der Waals surface area contributed by atoms with Gasteiger partial charge in [-0.05, 0) is 26.3 Å². The van der Waals surface area contributed by atoms with Crippen molar-refractivity contribution in [2.24, 2.45) is 12.5 Å². The summed E-state index contributed by atoms with van der Waals surface area (Å²) in [4.78, 5) is 17.9. The predicted octanol–water partition coefficient (Wildman–Crippen LogP) is 1.58. The largest absolute Gasteiger partial charge is 0.481 e. The second kappa shape index (κ2) is 4.19. The highest BCUT2D eigenvalue weighted by atomic mass is 16.4. The lowest BCUT2D eigenvalue weighted by Crippen LogP contribution is -2.31. The summed E-state index contributed by atoms with van der Waals surface area (Å²) in [6.45, 7) is 5.04. The van der Waals surface area contributed by atoms with Gasteiger partial charge in [-0.1, -0.05) is 0 Å². The summed E-state index contributed by atoms with van der Waals surface area (Å²) in [5.41, 5.74) is 2.12. The van der Waals surface area contributed by atoms with Crippen molar-refractivity contribution in [3.8, 4) is 0 Å². The number of aliphatic carboxylic acids is 1. The summed E-state index contributed by atoms with van der Waals surface area (Å²) in [6, 6.07) is 1.95. The first-order valence-electron chi connectivity index (χ1n) is 6.69. The number of hydrogen-bond acceptors (Lipinski definition) is 4. The average molecular weight is 274 g/mol. The first-order valence-corrected chi connectivity index (χ1v) is 6.69. The van der Waals surface area contributed by atoms with E-state index in [0.717, 1.165) is 29.0 Å². The number of carbonyl (C=O) groups is 1. The monoisotopic (exact) mass is 274 g/mol. The maximum Gasteiger partial charge on any atom is 0.311 e. The normalized spacial score (nSPS) is 22.6. The topological polar surface area (TPSA) is 71.2 Å². The molecule has 2 aromatic heterocycles. The van der Waals surface area contributed by atoms with Gasteiger partial charge >= 0.3 is 5.97 Å². The molecule has 6 nitrogen and oxygen atoms in total. The first-order chi connectivity index (χ1) is 9.42.